The van der Waals surface area contributed by atoms with Gasteiger partial charge >= 0.3 is 5.97 Å². The molecule has 0 radical (unpaired) electrons. The van der Waals surface area contributed by atoms with Crippen molar-refractivity contribution in [2.24, 2.45) is 11.3 Å². The monoisotopic (exact) mass is 491 g/mol. The van der Waals surface area contributed by atoms with E-state index in [2.05, 4.69) is 15.6 Å². The molecule has 190 valence electrons. The number of para-hydroxylation sites is 2. The molecule has 36 heavy (non-hydrogen) atoms. The summed E-state index contributed by atoms with van der Waals surface area (Å²) in [5.74, 6) is -1.13. The van der Waals surface area contributed by atoms with Gasteiger partial charge in [-0.2, -0.15) is 0 Å². The van der Waals surface area contributed by atoms with E-state index in [9.17, 15) is 14.7 Å². The van der Waals surface area contributed by atoms with Crippen LogP contribution in [0.2, 0.25) is 0 Å². The minimum absolute atomic E-state index is 0.0490. The zero-order valence-electron chi connectivity index (χ0n) is 20.5. The van der Waals surface area contributed by atoms with E-state index in [0.29, 0.717) is 44.2 Å². The number of nitrogen functional groups attached to an aromatic ring is 1. The summed E-state index contributed by atoms with van der Waals surface area (Å²) in [7, 11) is 1.51. The standard InChI is InChI=1S/C27H33N5O4/c1-36-18-27(26(34)35)13-11-20(12-14-27)25(33)29-21(15-19-7-3-2-4-8-19)16-22-17-32(31-30-22)24-10-6-5-9-23(24)28/h2-10,17,20-21H,11-16,18,28H2,1H3,(H,29,33)(H,34,35). The summed E-state index contributed by atoms with van der Waals surface area (Å²) in [4.78, 5) is 25.1. The lowest BCUT2D eigenvalue weighted by Crippen LogP contribution is -2.45. The lowest BCUT2D eigenvalue weighted by molar-refractivity contribution is -0.156. The molecule has 1 aliphatic rings. The van der Waals surface area contributed by atoms with Crippen LogP contribution in [0.4, 0.5) is 5.69 Å². The van der Waals surface area contributed by atoms with Crippen molar-refractivity contribution in [3.8, 4) is 5.69 Å². The number of hydrogen-bond donors (Lipinski definition) is 3. The van der Waals surface area contributed by atoms with Gasteiger partial charge in [0.15, 0.2) is 0 Å². The molecule has 9 heteroatoms. The number of hydrogen-bond acceptors (Lipinski definition) is 6. The summed E-state index contributed by atoms with van der Waals surface area (Å²) >= 11 is 0. The van der Waals surface area contributed by atoms with Gasteiger partial charge in [0.25, 0.3) is 0 Å². The Hall–Kier alpha value is -3.72. The van der Waals surface area contributed by atoms with Crippen LogP contribution in [-0.4, -0.2) is 51.7 Å². The zero-order chi connectivity index (χ0) is 25.5. The summed E-state index contributed by atoms with van der Waals surface area (Å²) in [6.07, 6.45) is 4.86. The maximum atomic E-state index is 13.3. The molecule has 2 aromatic carbocycles. The highest BCUT2D eigenvalue weighted by Crippen LogP contribution is 2.39. The number of benzene rings is 2. The summed E-state index contributed by atoms with van der Waals surface area (Å²) in [5, 5.41) is 21.5. The molecule has 1 amide bonds. The molecule has 0 saturated heterocycles. The normalized spacial score (nSPS) is 20.5. The van der Waals surface area contributed by atoms with E-state index in [0.717, 1.165) is 16.9 Å². The number of nitrogens with two attached hydrogens (primary N) is 1. The van der Waals surface area contributed by atoms with Crippen molar-refractivity contribution in [3.05, 3.63) is 72.1 Å². The Kier molecular flexibility index (Phi) is 8.00. The van der Waals surface area contributed by atoms with Crippen LogP contribution in [0, 0.1) is 11.3 Å². The van der Waals surface area contributed by atoms with Crippen LogP contribution in [0.15, 0.2) is 60.8 Å². The average Bonchev–Trinajstić information content (AvgIpc) is 3.33. The van der Waals surface area contributed by atoms with Gasteiger partial charge in [0.2, 0.25) is 5.91 Å². The Morgan fingerprint density at radius 1 is 1.14 bits per heavy atom. The second-order valence-electron chi connectivity index (χ2n) is 9.61. The van der Waals surface area contributed by atoms with Crippen LogP contribution >= 0.6 is 0 Å². The molecule has 4 rings (SSSR count). The fraction of sp³-hybridized carbons (Fsp3) is 0.407. The summed E-state index contributed by atoms with van der Waals surface area (Å²) in [6.45, 7) is 0.162. The first-order valence-corrected chi connectivity index (χ1v) is 12.2. The first-order chi connectivity index (χ1) is 17.4. The predicted octanol–water partition coefficient (Wildman–Crippen LogP) is 3.03. The highest BCUT2D eigenvalue weighted by atomic mass is 16.5. The second-order valence-corrected chi connectivity index (χ2v) is 9.61. The van der Waals surface area contributed by atoms with Gasteiger partial charge in [-0.3, -0.25) is 9.59 Å². The Morgan fingerprint density at radius 3 is 2.50 bits per heavy atom. The molecule has 0 spiro atoms. The molecule has 1 saturated carbocycles. The minimum Gasteiger partial charge on any atom is -0.481 e. The van der Waals surface area contributed by atoms with Crippen molar-refractivity contribution >= 4 is 17.6 Å². The van der Waals surface area contributed by atoms with Crippen LogP contribution in [0.5, 0.6) is 0 Å². The molecule has 3 aromatic rings. The van der Waals surface area contributed by atoms with Crippen molar-refractivity contribution in [2.75, 3.05) is 19.5 Å². The topological polar surface area (TPSA) is 132 Å². The van der Waals surface area contributed by atoms with E-state index in [1.54, 1.807) is 4.68 Å². The molecule has 1 fully saturated rings. The van der Waals surface area contributed by atoms with Gasteiger partial charge in [-0.1, -0.05) is 47.7 Å². The fourth-order valence-corrected chi connectivity index (χ4v) is 4.98. The van der Waals surface area contributed by atoms with Crippen molar-refractivity contribution in [2.45, 2.75) is 44.6 Å². The van der Waals surface area contributed by atoms with E-state index in [1.807, 2.05) is 60.8 Å². The summed E-state index contributed by atoms with van der Waals surface area (Å²) in [6, 6.07) is 17.2. The number of nitrogens with one attached hydrogen (secondary N) is 1. The number of amides is 1. The average molecular weight is 492 g/mol. The van der Waals surface area contributed by atoms with Crippen LogP contribution < -0.4 is 11.1 Å². The zero-order valence-corrected chi connectivity index (χ0v) is 20.5. The van der Waals surface area contributed by atoms with Crippen LogP contribution in [0.1, 0.15) is 36.9 Å². The van der Waals surface area contributed by atoms with Crippen molar-refractivity contribution in [1.29, 1.82) is 0 Å². The van der Waals surface area contributed by atoms with E-state index in [1.165, 1.54) is 7.11 Å². The number of methoxy groups -OCH3 is 1. The van der Waals surface area contributed by atoms with Crippen LogP contribution in [-0.2, 0) is 27.2 Å². The Bertz CT molecular complexity index is 1170. The van der Waals surface area contributed by atoms with Crippen molar-refractivity contribution in [3.63, 3.8) is 0 Å². The number of rotatable bonds is 10. The second kappa shape index (κ2) is 11.3. The number of anilines is 1. The molecule has 9 nitrogen and oxygen atoms in total. The van der Waals surface area contributed by atoms with Gasteiger partial charge in [-0.25, -0.2) is 4.68 Å². The van der Waals surface area contributed by atoms with Crippen molar-refractivity contribution < 1.29 is 19.4 Å². The number of carboxylic acid groups (broad SMARTS) is 1. The molecule has 0 bridgehead atoms. The minimum atomic E-state index is -0.910. The maximum absolute atomic E-state index is 13.3. The number of carbonyl (C=O) groups excluding carboxylic acids is 1. The van der Waals surface area contributed by atoms with Gasteiger partial charge in [-0.05, 0) is 49.8 Å². The summed E-state index contributed by atoms with van der Waals surface area (Å²) < 4.78 is 6.82. The smallest absolute Gasteiger partial charge is 0.311 e. The van der Waals surface area contributed by atoms with Gasteiger partial charge in [-0.15, -0.1) is 5.10 Å². The molecule has 1 unspecified atom stereocenters. The van der Waals surface area contributed by atoms with Gasteiger partial charge in [0.1, 0.15) is 0 Å². The Labute approximate surface area is 210 Å². The molecule has 1 aliphatic carbocycles. The Morgan fingerprint density at radius 2 is 1.83 bits per heavy atom. The molecule has 4 N–H and O–H groups in total. The highest BCUT2D eigenvalue weighted by Gasteiger charge is 2.43. The molecule has 1 aromatic heterocycles. The maximum Gasteiger partial charge on any atom is 0.311 e. The number of aliphatic carboxylic acids is 1. The molecule has 0 aliphatic heterocycles. The van der Waals surface area contributed by atoms with Crippen LogP contribution in [0.3, 0.4) is 0 Å². The predicted molar refractivity (Wildman–Crippen MR) is 135 cm³/mol. The number of carboxylic acids is 1. The third-order valence-corrected chi connectivity index (χ3v) is 7.04. The number of carbonyl (C=O) groups is 2. The van der Waals surface area contributed by atoms with E-state index < -0.39 is 11.4 Å². The third-order valence-electron chi connectivity index (χ3n) is 7.04. The van der Waals surface area contributed by atoms with Gasteiger partial charge in [0.05, 0.1) is 35.3 Å². The number of ether oxygens (including phenoxy) is 1. The van der Waals surface area contributed by atoms with E-state index in [4.69, 9.17) is 10.5 Å². The molecular weight excluding hydrogens is 458 g/mol. The number of aromatic nitrogens is 3. The highest BCUT2D eigenvalue weighted by molar-refractivity contribution is 5.80. The fourth-order valence-electron chi connectivity index (χ4n) is 4.98. The number of nitrogens with zero attached hydrogens (tertiary/aromatic N) is 3. The first-order valence-electron chi connectivity index (χ1n) is 12.2. The molecular formula is C27H33N5O4. The summed E-state index contributed by atoms with van der Waals surface area (Å²) in [5.41, 5.74) is 8.37. The first kappa shape index (κ1) is 25.4. The van der Waals surface area contributed by atoms with E-state index >= 15 is 0 Å². The van der Waals surface area contributed by atoms with Gasteiger partial charge in [0, 0.05) is 25.5 Å². The molecule has 1 heterocycles. The largest absolute Gasteiger partial charge is 0.481 e. The van der Waals surface area contributed by atoms with Crippen molar-refractivity contribution in [1.82, 2.24) is 20.3 Å². The molecule has 1 atom stereocenters. The lowest BCUT2D eigenvalue weighted by atomic mass is 9.70. The van der Waals surface area contributed by atoms with E-state index in [-0.39, 0.29) is 24.5 Å². The third kappa shape index (κ3) is 5.91. The van der Waals surface area contributed by atoms with Gasteiger partial charge < -0.3 is 20.9 Å². The SMILES string of the molecule is COCC1(C(=O)O)CCC(C(=O)NC(Cc2ccccc2)Cc2cn(-c3ccccc3N)nn2)CC1. The quantitative estimate of drug-likeness (QED) is 0.371. The van der Waals surface area contributed by atoms with Crippen LogP contribution in [0.25, 0.3) is 5.69 Å². The lowest BCUT2D eigenvalue weighted by Gasteiger charge is -2.36. The Balaban J connectivity index is 1.46.